The molecule has 0 bridgehead atoms. The summed E-state index contributed by atoms with van der Waals surface area (Å²) in [4.78, 5) is 16.8. The Labute approximate surface area is 168 Å². The Kier molecular flexibility index (Phi) is 6.63. The Bertz CT molecular complexity index is 821. The molecule has 3 nitrogen and oxygen atoms in total. The number of amides is 1. The highest BCUT2D eigenvalue weighted by atomic mass is 35.5. The summed E-state index contributed by atoms with van der Waals surface area (Å²) in [7, 11) is 0. The molecule has 1 fully saturated rings. The molecule has 0 spiro atoms. The minimum atomic E-state index is -0.256. The first-order valence-electron chi connectivity index (χ1n) is 8.65. The third-order valence-electron chi connectivity index (χ3n) is 4.20. The van der Waals surface area contributed by atoms with Crippen molar-refractivity contribution in [3.63, 3.8) is 0 Å². The highest BCUT2D eigenvalue weighted by Crippen LogP contribution is 2.31. The minimum absolute atomic E-state index is 0.0515. The molecule has 1 N–H and O–H groups in total. The second kappa shape index (κ2) is 8.94. The topological polar surface area (TPSA) is 41.5 Å². The number of hydrogen-bond donors (Lipinski definition) is 1. The molecular weight excluding hydrogens is 387 g/mol. The second-order valence-corrected chi connectivity index (χ2v) is 8.18. The number of rotatable bonds is 6. The van der Waals surface area contributed by atoms with Gasteiger partial charge in [0, 0.05) is 0 Å². The molecule has 0 radical (unpaired) electrons. The summed E-state index contributed by atoms with van der Waals surface area (Å²) in [6.45, 7) is 2.19. The van der Waals surface area contributed by atoms with E-state index in [1.165, 1.54) is 30.2 Å². The summed E-state index contributed by atoms with van der Waals surface area (Å²) >= 11 is 13.7. The molecule has 26 heavy (non-hydrogen) atoms. The summed E-state index contributed by atoms with van der Waals surface area (Å²) in [5, 5.41) is 4.24. The van der Waals surface area contributed by atoms with Crippen molar-refractivity contribution in [1.82, 2.24) is 5.32 Å². The predicted molar refractivity (Wildman–Crippen MR) is 112 cm³/mol. The van der Waals surface area contributed by atoms with Crippen LogP contribution in [-0.2, 0) is 17.6 Å². The number of amidine groups is 1. The third kappa shape index (κ3) is 4.81. The summed E-state index contributed by atoms with van der Waals surface area (Å²) in [5.41, 5.74) is 3.02. The molecule has 0 saturated carbocycles. The lowest BCUT2D eigenvalue weighted by Gasteiger charge is -2.08. The smallest absolute Gasteiger partial charge is 0.239 e. The number of aryl methyl sites for hydroxylation is 1. The zero-order chi connectivity index (χ0) is 18.5. The van der Waals surface area contributed by atoms with Crippen molar-refractivity contribution in [2.45, 2.75) is 37.9 Å². The van der Waals surface area contributed by atoms with E-state index in [-0.39, 0.29) is 11.2 Å². The van der Waals surface area contributed by atoms with Crippen LogP contribution in [-0.4, -0.2) is 16.3 Å². The van der Waals surface area contributed by atoms with Crippen molar-refractivity contribution < 1.29 is 4.79 Å². The van der Waals surface area contributed by atoms with Crippen LogP contribution in [0.25, 0.3) is 0 Å². The van der Waals surface area contributed by atoms with E-state index < -0.39 is 0 Å². The first-order chi connectivity index (χ1) is 12.6. The Morgan fingerprint density at radius 3 is 2.65 bits per heavy atom. The zero-order valence-corrected chi connectivity index (χ0v) is 16.8. The Morgan fingerprint density at radius 2 is 1.92 bits per heavy atom. The maximum Gasteiger partial charge on any atom is 0.239 e. The number of hydrogen-bond acceptors (Lipinski definition) is 3. The zero-order valence-electron chi connectivity index (χ0n) is 14.5. The number of benzene rings is 2. The van der Waals surface area contributed by atoms with Crippen LogP contribution in [0.4, 0.5) is 5.69 Å². The van der Waals surface area contributed by atoms with Crippen LogP contribution in [0.1, 0.15) is 30.9 Å². The Hall–Kier alpha value is -1.49. The SMILES string of the molecule is CCCCc1ccc(N=C2NC(=O)[C@@H](Cc3cccc(Cl)c3Cl)S2)cc1. The van der Waals surface area contributed by atoms with Crippen molar-refractivity contribution >= 4 is 51.7 Å². The molecular formula is C20H20Cl2N2OS. The summed E-state index contributed by atoms with van der Waals surface area (Å²) < 4.78 is 0. The molecule has 0 aliphatic carbocycles. The van der Waals surface area contributed by atoms with Crippen molar-refractivity contribution in [2.24, 2.45) is 4.99 Å². The molecule has 0 unspecified atom stereocenters. The lowest BCUT2D eigenvalue weighted by Crippen LogP contribution is -2.26. The van der Waals surface area contributed by atoms with Crippen LogP contribution in [0.3, 0.4) is 0 Å². The van der Waals surface area contributed by atoms with Crippen LogP contribution in [0.2, 0.25) is 10.0 Å². The van der Waals surface area contributed by atoms with Crippen molar-refractivity contribution in [2.75, 3.05) is 0 Å². The van der Waals surface area contributed by atoms with Crippen molar-refractivity contribution in [3.05, 3.63) is 63.6 Å². The molecule has 0 aromatic heterocycles. The third-order valence-corrected chi connectivity index (χ3v) is 6.14. The van der Waals surface area contributed by atoms with Crippen molar-refractivity contribution in [1.29, 1.82) is 0 Å². The highest BCUT2D eigenvalue weighted by Gasteiger charge is 2.31. The fraction of sp³-hybridized carbons (Fsp3) is 0.300. The largest absolute Gasteiger partial charge is 0.304 e. The van der Waals surface area contributed by atoms with Gasteiger partial charge in [-0.1, -0.05) is 72.6 Å². The second-order valence-electron chi connectivity index (χ2n) is 6.20. The van der Waals surface area contributed by atoms with Gasteiger partial charge in [-0.3, -0.25) is 4.79 Å². The number of unbranched alkanes of at least 4 members (excludes halogenated alkanes) is 1. The number of aliphatic imine (C=N–C) groups is 1. The molecule has 1 amide bonds. The number of carbonyl (C=O) groups is 1. The average Bonchev–Trinajstić information content (AvgIpc) is 2.97. The monoisotopic (exact) mass is 406 g/mol. The number of halogens is 2. The lowest BCUT2D eigenvalue weighted by molar-refractivity contribution is -0.118. The molecule has 1 saturated heterocycles. The summed E-state index contributed by atoms with van der Waals surface area (Å²) in [6.07, 6.45) is 3.98. The van der Waals surface area contributed by atoms with Gasteiger partial charge < -0.3 is 5.32 Å². The van der Waals surface area contributed by atoms with Crippen LogP contribution in [0.15, 0.2) is 47.5 Å². The van der Waals surface area contributed by atoms with E-state index in [1.54, 1.807) is 6.07 Å². The number of nitrogens with zero attached hydrogens (tertiary/aromatic N) is 1. The van der Waals surface area contributed by atoms with Gasteiger partial charge in [0.2, 0.25) is 5.91 Å². The quantitative estimate of drug-likeness (QED) is 0.658. The first kappa shape index (κ1) is 19.3. The summed E-state index contributed by atoms with van der Waals surface area (Å²) in [6, 6.07) is 13.7. The highest BCUT2D eigenvalue weighted by molar-refractivity contribution is 8.15. The van der Waals surface area contributed by atoms with E-state index in [0.29, 0.717) is 21.6 Å². The van der Waals surface area contributed by atoms with Crippen LogP contribution >= 0.6 is 35.0 Å². The van der Waals surface area contributed by atoms with Gasteiger partial charge in [0.25, 0.3) is 0 Å². The number of nitrogens with one attached hydrogen (secondary N) is 1. The number of thioether (sulfide) groups is 1. The van der Waals surface area contributed by atoms with E-state index >= 15 is 0 Å². The fourth-order valence-electron chi connectivity index (χ4n) is 2.73. The summed E-state index contributed by atoms with van der Waals surface area (Å²) in [5.74, 6) is -0.0515. The van der Waals surface area contributed by atoms with Crippen LogP contribution < -0.4 is 5.32 Å². The molecule has 1 aliphatic heterocycles. The standard InChI is InChI=1S/C20H20Cl2N2OS/c1-2-3-5-13-8-10-15(11-9-13)23-20-24-19(25)17(26-20)12-14-6-4-7-16(21)18(14)22/h4,6-11,17H,2-3,5,12H2,1H3,(H,23,24,25)/t17-/m1/s1. The maximum atomic E-state index is 12.3. The molecule has 2 aromatic carbocycles. The van der Waals surface area contributed by atoms with Gasteiger partial charge >= 0.3 is 0 Å². The molecule has 1 aliphatic rings. The van der Waals surface area contributed by atoms with E-state index in [4.69, 9.17) is 23.2 Å². The van der Waals surface area contributed by atoms with E-state index in [9.17, 15) is 4.79 Å². The first-order valence-corrected chi connectivity index (χ1v) is 10.3. The Balaban J connectivity index is 1.67. The van der Waals surface area contributed by atoms with E-state index in [0.717, 1.165) is 17.7 Å². The van der Waals surface area contributed by atoms with Gasteiger partial charge in [0.1, 0.15) is 0 Å². The molecule has 136 valence electrons. The molecule has 2 aromatic rings. The van der Waals surface area contributed by atoms with Crippen LogP contribution in [0, 0.1) is 0 Å². The minimum Gasteiger partial charge on any atom is -0.304 e. The van der Waals surface area contributed by atoms with E-state index in [1.807, 2.05) is 24.3 Å². The predicted octanol–water partition coefficient (Wildman–Crippen LogP) is 5.80. The van der Waals surface area contributed by atoms with Gasteiger partial charge in [-0.25, -0.2) is 4.99 Å². The molecule has 6 heteroatoms. The van der Waals surface area contributed by atoms with Gasteiger partial charge in [0.15, 0.2) is 5.17 Å². The lowest BCUT2D eigenvalue weighted by atomic mass is 10.1. The fourth-order valence-corrected chi connectivity index (χ4v) is 4.15. The number of carbonyl (C=O) groups excluding carboxylic acids is 1. The van der Waals surface area contributed by atoms with Gasteiger partial charge in [-0.05, 0) is 48.6 Å². The van der Waals surface area contributed by atoms with Gasteiger partial charge in [-0.15, -0.1) is 0 Å². The van der Waals surface area contributed by atoms with Crippen molar-refractivity contribution in [3.8, 4) is 0 Å². The normalized spacial score (nSPS) is 18.3. The molecule has 1 atom stereocenters. The van der Waals surface area contributed by atoms with Crippen LogP contribution in [0.5, 0.6) is 0 Å². The van der Waals surface area contributed by atoms with E-state index in [2.05, 4.69) is 29.4 Å². The molecule has 3 rings (SSSR count). The average molecular weight is 407 g/mol. The maximum absolute atomic E-state index is 12.3. The van der Waals surface area contributed by atoms with Gasteiger partial charge in [0.05, 0.1) is 21.0 Å². The Morgan fingerprint density at radius 1 is 1.15 bits per heavy atom. The van der Waals surface area contributed by atoms with Gasteiger partial charge in [-0.2, -0.15) is 0 Å². The molecule has 1 heterocycles.